The van der Waals surface area contributed by atoms with E-state index < -0.39 is 0 Å². The molecule has 3 heteroatoms. The third kappa shape index (κ3) is 1.66. The summed E-state index contributed by atoms with van der Waals surface area (Å²) >= 11 is 1.33. The molecule has 1 rings (SSSR count). The lowest BCUT2D eigenvalue weighted by Crippen LogP contribution is -2.27. The molecule has 0 aromatic rings. The Morgan fingerprint density at radius 1 is 1.80 bits per heavy atom. The molecule has 0 bridgehead atoms. The van der Waals surface area contributed by atoms with E-state index in [0.29, 0.717) is 17.8 Å². The summed E-state index contributed by atoms with van der Waals surface area (Å²) < 4.78 is 4.85. The Kier molecular flexibility index (Phi) is 2.60. The van der Waals surface area contributed by atoms with E-state index in [2.05, 4.69) is 13.8 Å². The van der Waals surface area contributed by atoms with Gasteiger partial charge in [0.2, 0.25) is 0 Å². The molecule has 1 aliphatic rings. The highest BCUT2D eigenvalue weighted by Crippen LogP contribution is 2.29. The van der Waals surface area contributed by atoms with Crippen molar-refractivity contribution in [3.63, 3.8) is 0 Å². The second-order valence-corrected chi connectivity index (χ2v) is 3.78. The van der Waals surface area contributed by atoms with Gasteiger partial charge in [0.05, 0.1) is 6.61 Å². The Labute approximate surface area is 65.3 Å². The number of carbonyl (C=O) groups excluding carboxylic acids is 1. The van der Waals surface area contributed by atoms with Crippen LogP contribution < -0.4 is 0 Å². The van der Waals surface area contributed by atoms with Crippen LogP contribution in [0.2, 0.25) is 0 Å². The summed E-state index contributed by atoms with van der Waals surface area (Å²) in [5.74, 6) is 0.521. The standard InChI is InChI=1S/C7H12O2S/c1-3-6-5(2)4-9-7(8)10-6/h5-6H,3-4H2,1-2H3. The molecule has 58 valence electrons. The Morgan fingerprint density at radius 2 is 2.50 bits per heavy atom. The Bertz CT molecular complexity index is 136. The van der Waals surface area contributed by atoms with Crippen LogP contribution in [0.15, 0.2) is 0 Å². The van der Waals surface area contributed by atoms with Gasteiger partial charge in [0, 0.05) is 11.2 Å². The van der Waals surface area contributed by atoms with Gasteiger partial charge in [0.1, 0.15) is 0 Å². The van der Waals surface area contributed by atoms with Crippen molar-refractivity contribution in [3.05, 3.63) is 0 Å². The van der Waals surface area contributed by atoms with Gasteiger partial charge in [-0.05, 0) is 18.2 Å². The lowest BCUT2D eigenvalue weighted by atomic mass is 10.1. The van der Waals surface area contributed by atoms with E-state index in [1.807, 2.05) is 0 Å². The fourth-order valence-electron chi connectivity index (χ4n) is 1.07. The van der Waals surface area contributed by atoms with Crippen LogP contribution in [0.25, 0.3) is 0 Å². The maximum Gasteiger partial charge on any atom is 0.367 e. The van der Waals surface area contributed by atoms with E-state index in [9.17, 15) is 4.79 Å². The summed E-state index contributed by atoms with van der Waals surface area (Å²) in [7, 11) is 0. The van der Waals surface area contributed by atoms with Crippen LogP contribution in [0.1, 0.15) is 20.3 Å². The molecule has 1 heterocycles. The molecule has 10 heavy (non-hydrogen) atoms. The smallest absolute Gasteiger partial charge is 0.367 e. The summed E-state index contributed by atoms with van der Waals surface area (Å²) in [6.07, 6.45) is 1.06. The van der Waals surface area contributed by atoms with Gasteiger partial charge < -0.3 is 4.74 Å². The van der Waals surface area contributed by atoms with Crippen LogP contribution in [0.4, 0.5) is 4.79 Å². The zero-order valence-corrected chi connectivity index (χ0v) is 7.11. The molecule has 0 aromatic heterocycles. The SMILES string of the molecule is CCC1SC(=O)OCC1C. The van der Waals surface area contributed by atoms with Crippen LogP contribution in [-0.4, -0.2) is 17.2 Å². The van der Waals surface area contributed by atoms with E-state index in [1.54, 1.807) is 0 Å². The fourth-order valence-corrected chi connectivity index (χ4v) is 1.93. The van der Waals surface area contributed by atoms with Crippen LogP contribution in [-0.2, 0) is 4.74 Å². The summed E-state index contributed by atoms with van der Waals surface area (Å²) in [6.45, 7) is 4.82. The van der Waals surface area contributed by atoms with Crippen LogP contribution in [0.5, 0.6) is 0 Å². The lowest BCUT2D eigenvalue weighted by Gasteiger charge is -2.25. The van der Waals surface area contributed by atoms with E-state index in [1.165, 1.54) is 11.8 Å². The minimum Gasteiger partial charge on any atom is -0.457 e. The maximum absolute atomic E-state index is 10.7. The van der Waals surface area contributed by atoms with Gasteiger partial charge in [-0.25, -0.2) is 4.79 Å². The summed E-state index contributed by atoms with van der Waals surface area (Å²) in [5, 5.41) is 0.367. The van der Waals surface area contributed by atoms with Gasteiger partial charge in [0.15, 0.2) is 0 Å². The Balaban J connectivity index is 2.45. The van der Waals surface area contributed by atoms with Crippen molar-refractivity contribution in [1.82, 2.24) is 0 Å². The first-order valence-electron chi connectivity index (χ1n) is 3.57. The zero-order chi connectivity index (χ0) is 7.56. The number of hydrogen-bond donors (Lipinski definition) is 0. The van der Waals surface area contributed by atoms with Crippen LogP contribution in [0, 0.1) is 5.92 Å². The second-order valence-electron chi connectivity index (χ2n) is 2.60. The normalized spacial score (nSPS) is 33.6. The monoisotopic (exact) mass is 160 g/mol. The van der Waals surface area contributed by atoms with Gasteiger partial charge in [0.25, 0.3) is 0 Å². The molecule has 2 atom stereocenters. The number of hydrogen-bond acceptors (Lipinski definition) is 3. The van der Waals surface area contributed by atoms with Crippen LogP contribution in [0.3, 0.4) is 0 Å². The van der Waals surface area contributed by atoms with Crippen molar-refractivity contribution in [3.8, 4) is 0 Å². The molecular weight excluding hydrogens is 148 g/mol. The van der Waals surface area contributed by atoms with E-state index in [4.69, 9.17) is 4.74 Å². The summed E-state index contributed by atoms with van der Waals surface area (Å²) in [6, 6.07) is 0. The number of ether oxygens (including phenoxy) is 1. The molecular formula is C7H12O2S. The van der Waals surface area contributed by atoms with E-state index >= 15 is 0 Å². The first-order valence-corrected chi connectivity index (χ1v) is 4.45. The summed E-state index contributed by atoms with van der Waals surface area (Å²) in [4.78, 5) is 10.7. The molecule has 2 nitrogen and oxygen atoms in total. The molecule has 0 amide bonds. The Hall–Kier alpha value is -0.180. The molecule has 0 radical (unpaired) electrons. The van der Waals surface area contributed by atoms with E-state index in [0.717, 1.165) is 6.42 Å². The predicted octanol–water partition coefficient (Wildman–Crippen LogP) is 2.28. The quantitative estimate of drug-likeness (QED) is 0.550. The molecule has 0 aliphatic carbocycles. The average molecular weight is 160 g/mol. The zero-order valence-electron chi connectivity index (χ0n) is 6.29. The first kappa shape index (κ1) is 7.92. The highest BCUT2D eigenvalue weighted by Gasteiger charge is 2.26. The summed E-state index contributed by atoms with van der Waals surface area (Å²) in [5.41, 5.74) is 0. The van der Waals surface area contributed by atoms with Gasteiger partial charge in [-0.15, -0.1) is 0 Å². The molecule has 0 N–H and O–H groups in total. The predicted molar refractivity (Wildman–Crippen MR) is 42.2 cm³/mol. The number of rotatable bonds is 1. The molecule has 2 unspecified atom stereocenters. The van der Waals surface area contributed by atoms with Gasteiger partial charge >= 0.3 is 5.30 Å². The van der Waals surface area contributed by atoms with Crippen molar-refractivity contribution < 1.29 is 9.53 Å². The van der Waals surface area contributed by atoms with Gasteiger partial charge in [-0.2, -0.15) is 0 Å². The number of cyclic esters (lactones) is 1. The molecule has 1 aliphatic heterocycles. The van der Waals surface area contributed by atoms with Crippen molar-refractivity contribution >= 4 is 17.1 Å². The largest absolute Gasteiger partial charge is 0.457 e. The van der Waals surface area contributed by atoms with E-state index in [-0.39, 0.29) is 5.30 Å². The topological polar surface area (TPSA) is 26.3 Å². The molecule has 0 aromatic carbocycles. The molecule has 1 saturated heterocycles. The van der Waals surface area contributed by atoms with Crippen molar-refractivity contribution in [1.29, 1.82) is 0 Å². The van der Waals surface area contributed by atoms with Crippen molar-refractivity contribution in [2.45, 2.75) is 25.5 Å². The second kappa shape index (κ2) is 3.28. The maximum atomic E-state index is 10.7. The highest BCUT2D eigenvalue weighted by molar-refractivity contribution is 8.13. The number of carbonyl (C=O) groups is 1. The molecule has 1 fully saturated rings. The first-order chi connectivity index (χ1) is 4.74. The van der Waals surface area contributed by atoms with Crippen molar-refractivity contribution in [2.24, 2.45) is 5.92 Å². The third-order valence-electron chi connectivity index (χ3n) is 1.75. The molecule has 0 spiro atoms. The Morgan fingerprint density at radius 3 is 3.00 bits per heavy atom. The third-order valence-corrected chi connectivity index (χ3v) is 3.16. The number of thioether (sulfide) groups is 1. The molecule has 0 saturated carbocycles. The van der Waals surface area contributed by atoms with Crippen LogP contribution >= 0.6 is 11.8 Å². The van der Waals surface area contributed by atoms with Gasteiger partial charge in [-0.3, -0.25) is 0 Å². The lowest BCUT2D eigenvalue weighted by molar-refractivity contribution is 0.148. The highest BCUT2D eigenvalue weighted by atomic mass is 32.2. The van der Waals surface area contributed by atoms with Gasteiger partial charge in [-0.1, -0.05) is 13.8 Å². The van der Waals surface area contributed by atoms with Crippen molar-refractivity contribution in [2.75, 3.05) is 6.61 Å². The minimum atomic E-state index is -0.107. The fraction of sp³-hybridized carbons (Fsp3) is 0.857. The minimum absolute atomic E-state index is 0.107. The average Bonchev–Trinajstić information content (AvgIpc) is 1.94.